The number of nitrogens with zero attached hydrogens (tertiary/aromatic N) is 4. The van der Waals surface area contributed by atoms with Gasteiger partial charge in [-0.3, -0.25) is 14.7 Å². The van der Waals surface area contributed by atoms with Crippen LogP contribution in [0.25, 0.3) is 16.8 Å². The average Bonchev–Trinajstić information content (AvgIpc) is 3.61. The predicted octanol–water partition coefficient (Wildman–Crippen LogP) is 4.46. The second-order valence-electron chi connectivity index (χ2n) is 10.3. The van der Waals surface area contributed by atoms with Crippen LogP contribution in [0.3, 0.4) is 0 Å². The summed E-state index contributed by atoms with van der Waals surface area (Å²) in [5.74, 6) is 1.03. The Morgan fingerprint density at radius 2 is 1.90 bits per heavy atom. The normalized spacial score (nSPS) is 16.4. The highest BCUT2D eigenvalue weighted by molar-refractivity contribution is 6.03. The lowest BCUT2D eigenvalue weighted by Crippen LogP contribution is -2.46. The Hall–Kier alpha value is -4.90. The van der Waals surface area contributed by atoms with Crippen LogP contribution in [0.1, 0.15) is 34.6 Å². The fourth-order valence-electron chi connectivity index (χ4n) is 5.30. The number of benzene rings is 2. The highest BCUT2D eigenvalue weighted by Gasteiger charge is 2.22. The number of ether oxygens (including phenoxy) is 2. The van der Waals surface area contributed by atoms with Crippen molar-refractivity contribution in [3.8, 4) is 28.3 Å². The Kier molecular flexibility index (Phi) is 7.26. The summed E-state index contributed by atoms with van der Waals surface area (Å²) in [4.78, 5) is 35.4. The van der Waals surface area contributed by atoms with Crippen molar-refractivity contribution in [3.63, 3.8) is 0 Å². The van der Waals surface area contributed by atoms with Gasteiger partial charge in [-0.2, -0.15) is 0 Å². The van der Waals surface area contributed by atoms with Gasteiger partial charge in [-0.05, 0) is 85.5 Å². The van der Waals surface area contributed by atoms with Gasteiger partial charge in [-0.1, -0.05) is 6.07 Å². The minimum absolute atomic E-state index is 0.108. The first-order valence-electron chi connectivity index (χ1n) is 13.4. The summed E-state index contributed by atoms with van der Waals surface area (Å²) in [6.45, 7) is 4.22. The van der Waals surface area contributed by atoms with Crippen LogP contribution < -0.4 is 20.1 Å². The molecular formula is C30H30N6O5. The topological polar surface area (TPSA) is 131 Å². The fraction of sp³-hybridized carbons (Fsp3) is 0.267. The number of carboxylic acid groups (broad SMARTS) is 1. The molecule has 11 heteroatoms. The molecule has 2 aliphatic heterocycles. The van der Waals surface area contributed by atoms with Gasteiger partial charge < -0.3 is 29.8 Å². The van der Waals surface area contributed by atoms with Crippen LogP contribution in [-0.2, 0) is 6.54 Å². The van der Waals surface area contributed by atoms with Gasteiger partial charge in [0.15, 0.2) is 11.5 Å². The van der Waals surface area contributed by atoms with Crippen LogP contribution in [0.2, 0.25) is 0 Å². The molecule has 6 rings (SSSR count). The molecule has 0 spiro atoms. The van der Waals surface area contributed by atoms with Gasteiger partial charge in [0, 0.05) is 42.9 Å². The SMILES string of the molecule is Cc1cn(-c2cc(CN3CCCC(NC(=O)O)C3)cc(NC(=O)c3cc(-c4ccc5c(c4)OCO5)ccn3)c2)cn1. The van der Waals surface area contributed by atoms with Crippen LogP contribution >= 0.6 is 0 Å². The molecule has 4 aromatic rings. The van der Waals surface area contributed by atoms with E-state index in [2.05, 4.69) is 31.6 Å². The summed E-state index contributed by atoms with van der Waals surface area (Å²) in [6.07, 6.45) is 5.99. The maximum absolute atomic E-state index is 13.4. The summed E-state index contributed by atoms with van der Waals surface area (Å²) in [7, 11) is 0. The molecule has 1 unspecified atom stereocenters. The molecule has 4 heterocycles. The molecule has 2 aliphatic rings. The largest absolute Gasteiger partial charge is 0.465 e. The third-order valence-electron chi connectivity index (χ3n) is 7.18. The van der Waals surface area contributed by atoms with Crippen molar-refractivity contribution in [1.82, 2.24) is 24.8 Å². The number of hydrogen-bond acceptors (Lipinski definition) is 7. The second-order valence-corrected chi connectivity index (χ2v) is 10.3. The van der Waals surface area contributed by atoms with E-state index >= 15 is 0 Å². The van der Waals surface area contributed by atoms with E-state index in [9.17, 15) is 9.59 Å². The first-order chi connectivity index (χ1) is 19.9. The van der Waals surface area contributed by atoms with Gasteiger partial charge in [0.05, 0.1) is 12.0 Å². The summed E-state index contributed by atoms with van der Waals surface area (Å²) < 4.78 is 12.8. The third kappa shape index (κ3) is 6.15. The van der Waals surface area contributed by atoms with Gasteiger partial charge in [0.25, 0.3) is 5.91 Å². The van der Waals surface area contributed by atoms with E-state index in [1.165, 1.54) is 0 Å². The Balaban J connectivity index is 1.24. The quantitative estimate of drug-likeness (QED) is 0.305. The monoisotopic (exact) mass is 554 g/mol. The van der Waals surface area contributed by atoms with Crippen molar-refractivity contribution in [2.45, 2.75) is 32.4 Å². The van der Waals surface area contributed by atoms with Crippen molar-refractivity contribution in [1.29, 1.82) is 0 Å². The highest BCUT2D eigenvalue weighted by atomic mass is 16.7. The highest BCUT2D eigenvalue weighted by Crippen LogP contribution is 2.36. The number of anilines is 1. The van der Waals surface area contributed by atoms with Crippen molar-refractivity contribution in [2.75, 3.05) is 25.2 Å². The molecule has 1 saturated heterocycles. The van der Waals surface area contributed by atoms with Gasteiger partial charge in [0.1, 0.15) is 5.69 Å². The van der Waals surface area contributed by atoms with E-state index < -0.39 is 6.09 Å². The third-order valence-corrected chi connectivity index (χ3v) is 7.18. The molecule has 41 heavy (non-hydrogen) atoms. The number of fused-ring (bicyclic) bond motifs is 1. The first-order valence-corrected chi connectivity index (χ1v) is 13.4. The first kappa shape index (κ1) is 26.3. The van der Waals surface area contributed by atoms with Gasteiger partial charge in [0.2, 0.25) is 6.79 Å². The Morgan fingerprint density at radius 1 is 1.05 bits per heavy atom. The number of carbonyl (C=O) groups is 2. The lowest BCUT2D eigenvalue weighted by atomic mass is 10.0. The number of likely N-dealkylation sites (tertiary alicyclic amines) is 1. The van der Waals surface area contributed by atoms with Gasteiger partial charge in [-0.15, -0.1) is 0 Å². The van der Waals surface area contributed by atoms with Gasteiger partial charge >= 0.3 is 6.09 Å². The zero-order chi connectivity index (χ0) is 28.3. The van der Waals surface area contributed by atoms with E-state index in [0.717, 1.165) is 47.5 Å². The number of imidazole rings is 1. The zero-order valence-electron chi connectivity index (χ0n) is 22.5. The van der Waals surface area contributed by atoms with E-state index in [-0.39, 0.29) is 24.4 Å². The standard InChI is InChI=1S/C30H30N6O5/c1-19-14-36(17-32-19)25-10-20(15-35-8-2-3-23(16-35)34-30(38)39)9-24(13-25)33-29(37)26-11-22(6-7-31-26)21-4-5-27-28(12-21)41-18-40-27/h4-7,9-14,17,23,34H,2-3,8,15-16,18H2,1H3,(H,33,37)(H,38,39). The molecule has 2 aromatic carbocycles. The van der Waals surface area contributed by atoms with Crippen molar-refractivity contribution in [2.24, 2.45) is 0 Å². The zero-order valence-corrected chi connectivity index (χ0v) is 22.5. The smallest absolute Gasteiger partial charge is 0.404 e. The number of piperidine rings is 1. The van der Waals surface area contributed by atoms with E-state index in [0.29, 0.717) is 30.3 Å². The molecular weight excluding hydrogens is 524 g/mol. The van der Waals surface area contributed by atoms with E-state index in [4.69, 9.17) is 14.6 Å². The van der Waals surface area contributed by atoms with Crippen LogP contribution in [0, 0.1) is 6.92 Å². The fourth-order valence-corrected chi connectivity index (χ4v) is 5.30. The lowest BCUT2D eigenvalue weighted by Gasteiger charge is -2.32. The molecule has 2 aromatic heterocycles. The van der Waals surface area contributed by atoms with Crippen molar-refractivity contribution >= 4 is 17.7 Å². The number of rotatable bonds is 7. The molecule has 210 valence electrons. The van der Waals surface area contributed by atoms with E-state index in [1.807, 2.05) is 54.1 Å². The summed E-state index contributed by atoms with van der Waals surface area (Å²) in [6, 6.07) is 15.1. The number of carbonyl (C=O) groups excluding carboxylic acids is 1. The molecule has 2 amide bonds. The van der Waals surface area contributed by atoms with Crippen LogP contribution in [0.4, 0.5) is 10.5 Å². The minimum atomic E-state index is -1.00. The Bertz CT molecular complexity index is 1600. The maximum atomic E-state index is 13.4. The molecule has 0 aliphatic carbocycles. The van der Waals surface area contributed by atoms with Gasteiger partial charge in [-0.25, -0.2) is 9.78 Å². The maximum Gasteiger partial charge on any atom is 0.404 e. The lowest BCUT2D eigenvalue weighted by molar-refractivity contribution is 0.102. The molecule has 1 atom stereocenters. The number of aryl methyl sites for hydroxylation is 1. The Labute approximate surface area is 236 Å². The summed E-state index contributed by atoms with van der Waals surface area (Å²) in [5, 5.41) is 14.8. The number of aromatic nitrogens is 3. The molecule has 3 N–H and O–H groups in total. The van der Waals surface area contributed by atoms with Crippen LogP contribution in [-0.4, -0.2) is 62.5 Å². The number of hydrogen-bond donors (Lipinski definition) is 3. The minimum Gasteiger partial charge on any atom is -0.465 e. The molecule has 11 nitrogen and oxygen atoms in total. The van der Waals surface area contributed by atoms with Crippen molar-refractivity contribution in [3.05, 3.63) is 84.2 Å². The summed E-state index contributed by atoms with van der Waals surface area (Å²) >= 11 is 0. The van der Waals surface area contributed by atoms with Crippen molar-refractivity contribution < 1.29 is 24.2 Å². The average molecular weight is 555 g/mol. The molecule has 0 radical (unpaired) electrons. The molecule has 0 saturated carbocycles. The predicted molar refractivity (Wildman–Crippen MR) is 152 cm³/mol. The number of nitrogens with one attached hydrogen (secondary N) is 2. The second kappa shape index (κ2) is 11.3. The van der Waals surface area contributed by atoms with Crippen LogP contribution in [0.5, 0.6) is 11.5 Å². The number of amides is 2. The van der Waals surface area contributed by atoms with Crippen LogP contribution in [0.15, 0.2) is 67.3 Å². The molecule has 1 fully saturated rings. The number of pyridine rings is 1. The Morgan fingerprint density at radius 3 is 2.73 bits per heavy atom. The van der Waals surface area contributed by atoms with E-state index in [1.54, 1.807) is 18.6 Å². The summed E-state index contributed by atoms with van der Waals surface area (Å²) in [5.41, 5.74) is 5.36. The molecule has 0 bridgehead atoms.